The van der Waals surface area contributed by atoms with Crippen LogP contribution in [0.4, 0.5) is 0 Å². The summed E-state index contributed by atoms with van der Waals surface area (Å²) in [5.41, 5.74) is 0.190. The van der Waals surface area contributed by atoms with Gasteiger partial charge in [-0.25, -0.2) is 4.79 Å². The van der Waals surface area contributed by atoms with E-state index in [9.17, 15) is 9.59 Å². The molecule has 1 aliphatic rings. The van der Waals surface area contributed by atoms with Gasteiger partial charge in [0.2, 0.25) is 0 Å². The highest BCUT2D eigenvalue weighted by molar-refractivity contribution is 5.96. The molecule has 1 aliphatic heterocycles. The van der Waals surface area contributed by atoms with Gasteiger partial charge in [-0.2, -0.15) is 0 Å². The molecule has 6 nitrogen and oxygen atoms in total. The van der Waals surface area contributed by atoms with Crippen molar-refractivity contribution in [2.45, 2.75) is 45.2 Å². The zero-order valence-electron chi connectivity index (χ0n) is 14.7. The number of carbonyl (C=O) groups excluding carboxylic acids is 2. The molecule has 0 N–H and O–H groups in total. The SMILES string of the molecule is COc1cccc(OC)c1C(=O)OCC(=O)N1[C@H](C)CCC[C@@H]1C. The summed E-state index contributed by atoms with van der Waals surface area (Å²) in [6.07, 6.45) is 3.07. The summed E-state index contributed by atoms with van der Waals surface area (Å²) in [5, 5.41) is 0. The molecule has 0 aromatic heterocycles. The predicted octanol–water partition coefficient (Wildman–Crippen LogP) is 2.65. The second-order valence-corrected chi connectivity index (χ2v) is 6.04. The molecule has 1 amide bonds. The number of methoxy groups -OCH3 is 2. The third-order valence-electron chi connectivity index (χ3n) is 4.44. The molecule has 0 radical (unpaired) electrons. The quantitative estimate of drug-likeness (QED) is 0.774. The minimum Gasteiger partial charge on any atom is -0.496 e. The highest BCUT2D eigenvalue weighted by Crippen LogP contribution is 2.29. The van der Waals surface area contributed by atoms with Gasteiger partial charge in [0.15, 0.2) is 6.61 Å². The van der Waals surface area contributed by atoms with Crippen molar-refractivity contribution in [1.29, 1.82) is 0 Å². The number of benzene rings is 1. The van der Waals surface area contributed by atoms with Gasteiger partial charge in [-0.1, -0.05) is 6.07 Å². The summed E-state index contributed by atoms with van der Waals surface area (Å²) in [6.45, 7) is 3.77. The number of hydrogen-bond donors (Lipinski definition) is 0. The lowest BCUT2D eigenvalue weighted by molar-refractivity contribution is -0.140. The Bertz CT molecular complexity index is 569. The van der Waals surface area contributed by atoms with Crippen LogP contribution < -0.4 is 9.47 Å². The van der Waals surface area contributed by atoms with Crippen LogP contribution in [0.1, 0.15) is 43.5 Å². The van der Waals surface area contributed by atoms with Crippen molar-refractivity contribution in [3.05, 3.63) is 23.8 Å². The van der Waals surface area contributed by atoms with E-state index in [1.165, 1.54) is 14.2 Å². The Balaban J connectivity index is 2.07. The van der Waals surface area contributed by atoms with Gasteiger partial charge >= 0.3 is 5.97 Å². The average Bonchev–Trinajstić information content (AvgIpc) is 2.58. The number of amides is 1. The topological polar surface area (TPSA) is 65.1 Å². The first-order valence-electron chi connectivity index (χ1n) is 8.18. The summed E-state index contributed by atoms with van der Waals surface area (Å²) in [5.74, 6) is -0.0927. The molecule has 0 spiro atoms. The van der Waals surface area contributed by atoms with E-state index in [0.29, 0.717) is 11.5 Å². The van der Waals surface area contributed by atoms with Gasteiger partial charge in [0.25, 0.3) is 5.91 Å². The van der Waals surface area contributed by atoms with E-state index in [4.69, 9.17) is 14.2 Å². The largest absolute Gasteiger partial charge is 0.496 e. The third-order valence-corrected chi connectivity index (χ3v) is 4.44. The second kappa shape index (κ2) is 8.04. The Kier molecular flexibility index (Phi) is 6.06. The van der Waals surface area contributed by atoms with Crippen LogP contribution in [0.25, 0.3) is 0 Å². The normalized spacial score (nSPS) is 20.4. The van der Waals surface area contributed by atoms with Crippen LogP contribution in [-0.2, 0) is 9.53 Å². The summed E-state index contributed by atoms with van der Waals surface area (Å²) >= 11 is 0. The number of nitrogens with zero attached hydrogens (tertiary/aromatic N) is 1. The highest BCUT2D eigenvalue weighted by Gasteiger charge is 2.30. The lowest BCUT2D eigenvalue weighted by Gasteiger charge is -2.38. The highest BCUT2D eigenvalue weighted by atomic mass is 16.5. The van der Waals surface area contributed by atoms with E-state index in [1.807, 2.05) is 18.7 Å². The number of likely N-dealkylation sites (tertiary alicyclic amines) is 1. The van der Waals surface area contributed by atoms with Crippen molar-refractivity contribution < 1.29 is 23.8 Å². The van der Waals surface area contributed by atoms with Crippen LogP contribution in [0, 0.1) is 0 Å². The standard InChI is InChI=1S/C18H25NO5/c1-12-7-5-8-13(2)19(12)16(20)11-24-18(21)17-14(22-3)9-6-10-15(17)23-4/h6,9-10,12-13H,5,7-8,11H2,1-4H3/t12-,13+. The maximum Gasteiger partial charge on any atom is 0.346 e. The molecule has 1 fully saturated rings. The molecule has 2 rings (SSSR count). The van der Waals surface area contributed by atoms with Crippen molar-refractivity contribution in [2.75, 3.05) is 20.8 Å². The third kappa shape index (κ3) is 3.80. The van der Waals surface area contributed by atoms with Crippen LogP contribution in [0.15, 0.2) is 18.2 Å². The molecule has 0 bridgehead atoms. The van der Waals surface area contributed by atoms with Gasteiger partial charge in [0.1, 0.15) is 17.1 Å². The van der Waals surface area contributed by atoms with Crippen LogP contribution in [0.2, 0.25) is 0 Å². The minimum atomic E-state index is -0.630. The number of rotatable bonds is 5. The molecule has 2 atom stereocenters. The van der Waals surface area contributed by atoms with Gasteiger partial charge < -0.3 is 19.1 Å². The summed E-state index contributed by atoms with van der Waals surface area (Å²) in [7, 11) is 2.93. The molecule has 1 aromatic carbocycles. The van der Waals surface area contributed by atoms with E-state index in [-0.39, 0.29) is 30.2 Å². The zero-order chi connectivity index (χ0) is 17.7. The Labute approximate surface area is 142 Å². The summed E-state index contributed by atoms with van der Waals surface area (Å²) < 4.78 is 15.6. The molecule has 24 heavy (non-hydrogen) atoms. The average molecular weight is 335 g/mol. The van der Waals surface area contributed by atoms with E-state index >= 15 is 0 Å². The monoisotopic (exact) mass is 335 g/mol. The number of ether oxygens (including phenoxy) is 3. The number of esters is 1. The number of carbonyl (C=O) groups is 2. The molecule has 132 valence electrons. The molecule has 6 heteroatoms. The predicted molar refractivity (Wildman–Crippen MR) is 89.4 cm³/mol. The zero-order valence-corrected chi connectivity index (χ0v) is 14.7. The van der Waals surface area contributed by atoms with Crippen molar-refractivity contribution in [3.8, 4) is 11.5 Å². The lowest BCUT2D eigenvalue weighted by Crippen LogP contribution is -2.49. The maximum atomic E-state index is 12.4. The van der Waals surface area contributed by atoms with Crippen molar-refractivity contribution in [2.24, 2.45) is 0 Å². The number of hydrogen-bond acceptors (Lipinski definition) is 5. The van der Waals surface area contributed by atoms with Gasteiger partial charge in [-0.05, 0) is 45.2 Å². The molecule has 1 saturated heterocycles. The van der Waals surface area contributed by atoms with E-state index in [1.54, 1.807) is 18.2 Å². The second-order valence-electron chi connectivity index (χ2n) is 6.04. The molecule has 1 aromatic rings. The summed E-state index contributed by atoms with van der Waals surface area (Å²) in [4.78, 5) is 26.7. The Hall–Kier alpha value is -2.24. The van der Waals surface area contributed by atoms with Gasteiger partial charge in [-0.3, -0.25) is 4.79 Å². The van der Waals surface area contributed by atoms with Crippen molar-refractivity contribution in [3.63, 3.8) is 0 Å². The molecular weight excluding hydrogens is 310 g/mol. The Morgan fingerprint density at radius 2 is 1.62 bits per heavy atom. The van der Waals surface area contributed by atoms with E-state index < -0.39 is 5.97 Å². The molecular formula is C18H25NO5. The van der Waals surface area contributed by atoms with Crippen LogP contribution in [-0.4, -0.2) is 49.7 Å². The summed E-state index contributed by atoms with van der Waals surface area (Å²) in [6, 6.07) is 5.35. The fourth-order valence-corrected chi connectivity index (χ4v) is 3.24. The van der Waals surface area contributed by atoms with Crippen LogP contribution in [0.3, 0.4) is 0 Å². The Morgan fingerprint density at radius 1 is 1.08 bits per heavy atom. The minimum absolute atomic E-state index is 0.167. The van der Waals surface area contributed by atoms with Crippen molar-refractivity contribution in [1.82, 2.24) is 4.90 Å². The Morgan fingerprint density at radius 3 is 2.12 bits per heavy atom. The van der Waals surface area contributed by atoms with E-state index in [0.717, 1.165) is 19.3 Å². The first kappa shape index (κ1) is 18.1. The van der Waals surface area contributed by atoms with Gasteiger partial charge in [-0.15, -0.1) is 0 Å². The molecule has 0 saturated carbocycles. The maximum absolute atomic E-state index is 12.4. The lowest BCUT2D eigenvalue weighted by atomic mass is 9.97. The van der Waals surface area contributed by atoms with Gasteiger partial charge in [0, 0.05) is 12.1 Å². The fraction of sp³-hybridized carbons (Fsp3) is 0.556. The first-order chi connectivity index (χ1) is 11.5. The smallest absolute Gasteiger partial charge is 0.346 e. The first-order valence-corrected chi connectivity index (χ1v) is 8.18. The van der Waals surface area contributed by atoms with Crippen molar-refractivity contribution >= 4 is 11.9 Å². The van der Waals surface area contributed by atoms with E-state index in [2.05, 4.69) is 0 Å². The molecule has 0 aliphatic carbocycles. The fourth-order valence-electron chi connectivity index (χ4n) is 3.24. The van der Waals surface area contributed by atoms with Crippen LogP contribution in [0.5, 0.6) is 11.5 Å². The van der Waals surface area contributed by atoms with Gasteiger partial charge in [0.05, 0.1) is 14.2 Å². The molecule has 1 heterocycles. The molecule has 0 unspecified atom stereocenters. The van der Waals surface area contributed by atoms with Crippen LogP contribution >= 0.6 is 0 Å². The number of piperidine rings is 1.